The molecule has 1 atom stereocenters. The Morgan fingerprint density at radius 1 is 1.00 bits per heavy atom. The van der Waals surface area contributed by atoms with Crippen LogP contribution in [0.1, 0.15) is 41.9 Å². The molecule has 4 aliphatic rings. The Morgan fingerprint density at radius 2 is 1.79 bits per heavy atom. The second kappa shape index (κ2) is 6.49. The Kier molecular flexibility index (Phi) is 3.88. The first-order valence-corrected chi connectivity index (χ1v) is 10.9. The lowest BCUT2D eigenvalue weighted by Gasteiger charge is -2.42. The molecule has 0 fully saturated rings. The van der Waals surface area contributed by atoms with Crippen LogP contribution in [0, 0.1) is 0 Å². The maximum atomic E-state index is 13.0. The molecule has 0 spiro atoms. The number of hydrogen-bond acceptors (Lipinski definition) is 4. The fourth-order valence-electron chi connectivity index (χ4n) is 5.04. The predicted octanol–water partition coefficient (Wildman–Crippen LogP) is 5.18. The molecular formula is C24H20BrNO3. The van der Waals surface area contributed by atoms with Crippen LogP contribution in [0.4, 0.5) is 0 Å². The molecule has 0 amide bonds. The summed E-state index contributed by atoms with van der Waals surface area (Å²) in [6.45, 7) is 1.18. The summed E-state index contributed by atoms with van der Waals surface area (Å²) in [5.41, 5.74) is 7.06. The number of allylic oxidation sites excluding steroid dienone is 3. The van der Waals surface area contributed by atoms with E-state index in [0.717, 1.165) is 52.9 Å². The van der Waals surface area contributed by atoms with Crippen LogP contribution in [-0.2, 0) is 11.2 Å². The zero-order chi connectivity index (χ0) is 19.5. The highest BCUT2D eigenvalue weighted by Gasteiger charge is 2.38. The van der Waals surface area contributed by atoms with Crippen LogP contribution in [0.15, 0.2) is 58.2 Å². The van der Waals surface area contributed by atoms with E-state index in [0.29, 0.717) is 12.2 Å². The zero-order valence-corrected chi connectivity index (χ0v) is 17.5. The van der Waals surface area contributed by atoms with Crippen molar-refractivity contribution in [2.45, 2.75) is 31.6 Å². The molecule has 3 heterocycles. The minimum atomic E-state index is -0.00600. The average Bonchev–Trinajstić information content (AvgIpc) is 3.19. The molecule has 0 saturated heterocycles. The highest BCUT2D eigenvalue weighted by Crippen LogP contribution is 2.48. The van der Waals surface area contributed by atoms with Crippen LogP contribution >= 0.6 is 15.9 Å². The SMILES string of the molecule is O=C1CCCC2=C1[C@H](c1ccc(Br)cc1)C=C1c3cc4c(cc3CCN12)OCO4. The fraction of sp³-hybridized carbons (Fsp3) is 0.292. The van der Waals surface area contributed by atoms with Crippen molar-refractivity contribution in [1.82, 2.24) is 4.90 Å². The van der Waals surface area contributed by atoms with Gasteiger partial charge in [0.25, 0.3) is 0 Å². The monoisotopic (exact) mass is 449 g/mol. The first-order chi connectivity index (χ1) is 14.2. The van der Waals surface area contributed by atoms with Crippen LogP contribution in [0.2, 0.25) is 0 Å². The Labute approximate surface area is 177 Å². The van der Waals surface area contributed by atoms with E-state index >= 15 is 0 Å². The third kappa shape index (κ3) is 2.67. The minimum Gasteiger partial charge on any atom is -0.454 e. The van der Waals surface area contributed by atoms with E-state index in [-0.39, 0.29) is 12.7 Å². The molecule has 0 aromatic heterocycles. The lowest BCUT2D eigenvalue weighted by atomic mass is 9.77. The summed E-state index contributed by atoms with van der Waals surface area (Å²) < 4.78 is 12.3. The molecule has 2 aromatic rings. The molecule has 1 aliphatic carbocycles. The van der Waals surface area contributed by atoms with Crippen molar-refractivity contribution < 1.29 is 14.3 Å². The van der Waals surface area contributed by atoms with E-state index in [2.05, 4.69) is 63.3 Å². The van der Waals surface area contributed by atoms with Gasteiger partial charge >= 0.3 is 0 Å². The van der Waals surface area contributed by atoms with Gasteiger partial charge in [0.2, 0.25) is 6.79 Å². The molecule has 0 saturated carbocycles. The van der Waals surface area contributed by atoms with Crippen LogP contribution in [0.25, 0.3) is 5.70 Å². The molecule has 6 rings (SSSR count). The van der Waals surface area contributed by atoms with Crippen LogP contribution in [-0.4, -0.2) is 24.0 Å². The summed E-state index contributed by atoms with van der Waals surface area (Å²) in [6.07, 6.45) is 5.77. The maximum absolute atomic E-state index is 13.0. The van der Waals surface area contributed by atoms with Crippen LogP contribution < -0.4 is 9.47 Å². The molecule has 0 unspecified atom stereocenters. The van der Waals surface area contributed by atoms with Gasteiger partial charge in [-0.15, -0.1) is 0 Å². The number of carbonyl (C=O) groups excluding carboxylic acids is 1. The summed E-state index contributed by atoms with van der Waals surface area (Å²) in [5, 5.41) is 0. The topological polar surface area (TPSA) is 38.8 Å². The summed E-state index contributed by atoms with van der Waals surface area (Å²) >= 11 is 3.53. The number of nitrogens with zero attached hydrogens (tertiary/aromatic N) is 1. The van der Waals surface area contributed by atoms with Gasteiger partial charge in [0, 0.05) is 45.9 Å². The number of hydrogen-bond donors (Lipinski definition) is 0. The van der Waals surface area contributed by atoms with Gasteiger partial charge in [0.15, 0.2) is 17.3 Å². The number of fused-ring (bicyclic) bond motifs is 5. The zero-order valence-electron chi connectivity index (χ0n) is 15.9. The van der Waals surface area contributed by atoms with E-state index < -0.39 is 0 Å². The van der Waals surface area contributed by atoms with E-state index in [1.165, 1.54) is 22.5 Å². The maximum Gasteiger partial charge on any atom is 0.231 e. The van der Waals surface area contributed by atoms with Gasteiger partial charge in [-0.25, -0.2) is 0 Å². The number of ether oxygens (including phenoxy) is 2. The second-order valence-corrected chi connectivity index (χ2v) is 8.90. The fourth-order valence-corrected chi connectivity index (χ4v) is 5.31. The van der Waals surface area contributed by atoms with Gasteiger partial charge in [-0.05, 0) is 60.7 Å². The first-order valence-electron chi connectivity index (χ1n) is 10.1. The largest absolute Gasteiger partial charge is 0.454 e. The number of ketones is 1. The van der Waals surface area contributed by atoms with Crippen molar-refractivity contribution in [3.63, 3.8) is 0 Å². The molecule has 0 N–H and O–H groups in total. The van der Waals surface area contributed by atoms with E-state index in [4.69, 9.17) is 9.47 Å². The Balaban J connectivity index is 1.54. The van der Waals surface area contributed by atoms with Gasteiger partial charge in [0.1, 0.15) is 0 Å². The number of Topliss-reactive ketones (excluding diaryl/α,β-unsaturated/α-hetero) is 1. The lowest BCUT2D eigenvalue weighted by molar-refractivity contribution is -0.116. The second-order valence-electron chi connectivity index (χ2n) is 7.98. The minimum absolute atomic E-state index is 0.00600. The molecule has 0 radical (unpaired) electrons. The van der Waals surface area contributed by atoms with Gasteiger partial charge in [-0.1, -0.05) is 28.1 Å². The number of carbonyl (C=O) groups is 1. The van der Waals surface area contributed by atoms with Crippen molar-refractivity contribution in [2.75, 3.05) is 13.3 Å². The molecule has 0 bridgehead atoms. The molecule has 2 aromatic carbocycles. The number of benzene rings is 2. The predicted molar refractivity (Wildman–Crippen MR) is 114 cm³/mol. The first kappa shape index (κ1) is 17.3. The van der Waals surface area contributed by atoms with Crippen molar-refractivity contribution in [2.24, 2.45) is 0 Å². The van der Waals surface area contributed by atoms with Gasteiger partial charge in [-0.3, -0.25) is 4.79 Å². The van der Waals surface area contributed by atoms with Crippen molar-refractivity contribution in [3.8, 4) is 11.5 Å². The van der Waals surface area contributed by atoms with Gasteiger partial charge in [-0.2, -0.15) is 0 Å². The normalized spacial score (nSPS) is 22.1. The summed E-state index contributed by atoms with van der Waals surface area (Å²) in [4.78, 5) is 15.4. The standard InChI is InChI=1S/C24H20BrNO3/c25-16-6-4-14(5-7-16)18-11-20-17-12-23-22(28-13-29-23)10-15(17)8-9-26(20)19-2-1-3-21(27)24(18)19/h4-7,10-12,18H,1-3,8-9,13H2/t18-/m0/s1. The third-order valence-electron chi connectivity index (χ3n) is 6.39. The highest BCUT2D eigenvalue weighted by molar-refractivity contribution is 9.10. The molecule has 5 heteroatoms. The smallest absolute Gasteiger partial charge is 0.231 e. The molecule has 3 aliphatic heterocycles. The average molecular weight is 450 g/mol. The lowest BCUT2D eigenvalue weighted by Crippen LogP contribution is -2.36. The van der Waals surface area contributed by atoms with Gasteiger partial charge in [0.05, 0.1) is 0 Å². The molecule has 146 valence electrons. The molecular weight excluding hydrogens is 430 g/mol. The van der Waals surface area contributed by atoms with E-state index in [9.17, 15) is 4.79 Å². The van der Waals surface area contributed by atoms with Crippen LogP contribution in [0.5, 0.6) is 11.5 Å². The Hall–Kier alpha value is -2.53. The van der Waals surface area contributed by atoms with E-state index in [1.54, 1.807) is 0 Å². The number of rotatable bonds is 1. The summed E-state index contributed by atoms with van der Waals surface area (Å²) in [6, 6.07) is 12.6. The summed E-state index contributed by atoms with van der Waals surface area (Å²) in [7, 11) is 0. The Bertz CT molecular complexity index is 1100. The highest BCUT2D eigenvalue weighted by atomic mass is 79.9. The molecule has 29 heavy (non-hydrogen) atoms. The number of halogens is 1. The van der Waals surface area contributed by atoms with Crippen molar-refractivity contribution in [1.29, 1.82) is 0 Å². The third-order valence-corrected chi connectivity index (χ3v) is 6.92. The van der Waals surface area contributed by atoms with Crippen molar-refractivity contribution in [3.05, 3.63) is 74.9 Å². The van der Waals surface area contributed by atoms with Crippen LogP contribution in [0.3, 0.4) is 0 Å². The van der Waals surface area contributed by atoms with Crippen molar-refractivity contribution >= 4 is 27.4 Å². The summed E-state index contributed by atoms with van der Waals surface area (Å²) in [5.74, 6) is 1.94. The quantitative estimate of drug-likeness (QED) is 0.600. The van der Waals surface area contributed by atoms with E-state index in [1.807, 2.05) is 0 Å². The Morgan fingerprint density at radius 3 is 2.62 bits per heavy atom. The molecule has 4 nitrogen and oxygen atoms in total. The van der Waals surface area contributed by atoms with Gasteiger partial charge < -0.3 is 14.4 Å².